The van der Waals surface area contributed by atoms with Gasteiger partial charge in [-0.1, -0.05) is 36.1 Å². The van der Waals surface area contributed by atoms with Gasteiger partial charge in [0.05, 0.1) is 13.2 Å². The number of hydrogen-bond donors (Lipinski definition) is 4. The highest BCUT2D eigenvalue weighted by Gasteiger charge is 2.14. The average molecular weight is 422 g/mol. The molecule has 0 aliphatic carbocycles. The average Bonchev–Trinajstić information content (AvgIpc) is 3.29. The van der Waals surface area contributed by atoms with Crippen molar-refractivity contribution in [1.29, 1.82) is 0 Å². The van der Waals surface area contributed by atoms with E-state index in [1.165, 1.54) is 0 Å². The smallest absolute Gasteiger partial charge is 0.138 e. The largest absolute Gasteiger partial charge is 0.491 e. The molecule has 2 aromatic carbocycles. The van der Waals surface area contributed by atoms with Crippen molar-refractivity contribution in [2.45, 2.75) is 25.2 Å². The van der Waals surface area contributed by atoms with Crippen molar-refractivity contribution in [3.8, 4) is 28.7 Å². The summed E-state index contributed by atoms with van der Waals surface area (Å²) in [6.07, 6.45) is 1.62. The van der Waals surface area contributed by atoms with Crippen LogP contribution < -0.4 is 4.74 Å². The highest BCUT2D eigenvalue weighted by Crippen LogP contribution is 2.23. The standard InChI is InChI=1S/C24H26N2O5/c1-17(29)24-25-12-13-26(24)21(14-27)9-4-18-2-5-19(6-3-18)20-7-10-23(11-8-20)31-16-22(30)15-28/h2-3,5-8,10-13,17,21-22,27-30H,14-16H2,1H3/t17-,21-,22-/m0/s1. The maximum atomic E-state index is 9.80. The molecule has 0 radical (unpaired) electrons. The maximum Gasteiger partial charge on any atom is 0.138 e. The first-order valence-electron chi connectivity index (χ1n) is 9.97. The summed E-state index contributed by atoms with van der Waals surface area (Å²) in [4.78, 5) is 4.12. The molecule has 1 aromatic heterocycles. The number of nitrogens with zero attached hydrogens (tertiary/aromatic N) is 2. The normalized spacial score (nSPS) is 13.7. The van der Waals surface area contributed by atoms with E-state index < -0.39 is 18.2 Å². The van der Waals surface area contributed by atoms with Crippen LogP contribution >= 0.6 is 0 Å². The van der Waals surface area contributed by atoms with Crippen LogP contribution in [0.4, 0.5) is 0 Å². The lowest BCUT2D eigenvalue weighted by atomic mass is 10.0. The molecule has 31 heavy (non-hydrogen) atoms. The van der Waals surface area contributed by atoms with Crippen LogP contribution in [0.3, 0.4) is 0 Å². The Hall–Kier alpha value is -3.15. The van der Waals surface area contributed by atoms with E-state index in [-0.39, 0.29) is 19.8 Å². The molecule has 3 rings (SSSR count). The quantitative estimate of drug-likeness (QED) is 0.413. The van der Waals surface area contributed by atoms with Crippen LogP contribution in [0.5, 0.6) is 5.75 Å². The number of benzene rings is 2. The van der Waals surface area contributed by atoms with Gasteiger partial charge in [-0.2, -0.15) is 0 Å². The van der Waals surface area contributed by atoms with Crippen molar-refractivity contribution in [2.75, 3.05) is 19.8 Å². The van der Waals surface area contributed by atoms with Crippen molar-refractivity contribution < 1.29 is 25.2 Å². The Morgan fingerprint density at radius 2 is 1.61 bits per heavy atom. The van der Waals surface area contributed by atoms with Crippen LogP contribution in [0.25, 0.3) is 11.1 Å². The number of aromatic nitrogens is 2. The van der Waals surface area contributed by atoms with Crippen LogP contribution in [0, 0.1) is 11.8 Å². The Morgan fingerprint density at radius 1 is 0.968 bits per heavy atom. The molecule has 0 spiro atoms. The van der Waals surface area contributed by atoms with Crippen molar-refractivity contribution in [3.05, 3.63) is 72.3 Å². The topological polar surface area (TPSA) is 108 Å². The number of aliphatic hydroxyl groups is 4. The first-order valence-corrected chi connectivity index (χ1v) is 9.97. The van der Waals surface area contributed by atoms with E-state index in [2.05, 4.69) is 16.8 Å². The molecule has 1 heterocycles. The van der Waals surface area contributed by atoms with Crippen LogP contribution in [0.1, 0.15) is 30.5 Å². The summed E-state index contributed by atoms with van der Waals surface area (Å²) in [5, 5.41) is 37.7. The summed E-state index contributed by atoms with van der Waals surface area (Å²) in [5.74, 6) is 7.18. The first-order chi connectivity index (χ1) is 15.0. The van der Waals surface area contributed by atoms with Gasteiger partial charge in [0.2, 0.25) is 0 Å². The molecular formula is C24H26N2O5. The van der Waals surface area contributed by atoms with Gasteiger partial charge in [0.1, 0.15) is 36.4 Å². The van der Waals surface area contributed by atoms with Gasteiger partial charge >= 0.3 is 0 Å². The second-order valence-electron chi connectivity index (χ2n) is 7.09. The molecule has 7 nitrogen and oxygen atoms in total. The molecule has 7 heteroatoms. The van der Waals surface area contributed by atoms with Gasteiger partial charge < -0.3 is 29.7 Å². The molecule has 3 aromatic rings. The molecule has 0 aliphatic rings. The van der Waals surface area contributed by atoms with Crippen LogP contribution in [-0.2, 0) is 0 Å². The van der Waals surface area contributed by atoms with Crippen LogP contribution in [-0.4, -0.2) is 55.9 Å². The van der Waals surface area contributed by atoms with Crippen molar-refractivity contribution in [1.82, 2.24) is 9.55 Å². The number of imidazole rings is 1. The molecule has 162 valence electrons. The predicted molar refractivity (Wildman–Crippen MR) is 116 cm³/mol. The number of hydrogen-bond acceptors (Lipinski definition) is 6. The summed E-state index contributed by atoms with van der Waals surface area (Å²) < 4.78 is 7.09. The van der Waals surface area contributed by atoms with E-state index in [1.807, 2.05) is 48.5 Å². The minimum atomic E-state index is -0.897. The molecule has 4 N–H and O–H groups in total. The van der Waals surface area contributed by atoms with E-state index in [0.29, 0.717) is 11.6 Å². The van der Waals surface area contributed by atoms with Gasteiger partial charge in [0.25, 0.3) is 0 Å². The first kappa shape index (κ1) is 22.5. The molecule has 0 bridgehead atoms. The zero-order chi connectivity index (χ0) is 22.2. The fraction of sp³-hybridized carbons (Fsp3) is 0.292. The summed E-state index contributed by atoms with van der Waals surface area (Å²) >= 11 is 0. The molecule has 0 aliphatic heterocycles. The Kier molecular flexibility index (Phi) is 7.82. The summed E-state index contributed by atoms with van der Waals surface area (Å²) in [7, 11) is 0. The van der Waals surface area contributed by atoms with Gasteiger partial charge in [-0.15, -0.1) is 0 Å². The number of aliphatic hydroxyl groups excluding tert-OH is 4. The van der Waals surface area contributed by atoms with Crippen molar-refractivity contribution >= 4 is 0 Å². The zero-order valence-corrected chi connectivity index (χ0v) is 17.2. The van der Waals surface area contributed by atoms with E-state index >= 15 is 0 Å². The lowest BCUT2D eigenvalue weighted by Crippen LogP contribution is -2.21. The molecule has 0 amide bonds. The van der Waals surface area contributed by atoms with E-state index in [1.54, 1.807) is 23.9 Å². The third kappa shape index (κ3) is 5.94. The summed E-state index contributed by atoms with van der Waals surface area (Å²) in [5.41, 5.74) is 2.82. The highest BCUT2D eigenvalue weighted by atomic mass is 16.5. The summed E-state index contributed by atoms with van der Waals surface area (Å²) in [6.45, 7) is 1.13. The zero-order valence-electron chi connectivity index (χ0n) is 17.2. The highest BCUT2D eigenvalue weighted by molar-refractivity contribution is 5.65. The minimum absolute atomic E-state index is 0.0375. The minimum Gasteiger partial charge on any atom is -0.491 e. The molecule has 0 saturated heterocycles. The van der Waals surface area contributed by atoms with Gasteiger partial charge in [0, 0.05) is 18.0 Å². The number of ether oxygens (including phenoxy) is 1. The van der Waals surface area contributed by atoms with Crippen molar-refractivity contribution in [3.63, 3.8) is 0 Å². The molecule has 0 fully saturated rings. The predicted octanol–water partition coefficient (Wildman–Crippen LogP) is 1.92. The fourth-order valence-electron chi connectivity index (χ4n) is 3.02. The van der Waals surface area contributed by atoms with E-state index in [4.69, 9.17) is 9.84 Å². The lowest BCUT2D eigenvalue weighted by molar-refractivity contribution is 0.0536. The number of rotatable bonds is 8. The molecular weight excluding hydrogens is 396 g/mol. The van der Waals surface area contributed by atoms with E-state index in [0.717, 1.165) is 16.7 Å². The van der Waals surface area contributed by atoms with Gasteiger partial charge in [-0.05, 0) is 42.3 Å². The Morgan fingerprint density at radius 3 is 2.19 bits per heavy atom. The SMILES string of the molecule is C[C@H](O)c1nccn1[C@@H](C#Cc1ccc(-c2ccc(OC[C@@H](O)CO)cc2)cc1)CO. The lowest BCUT2D eigenvalue weighted by Gasteiger charge is -2.14. The Bertz CT molecular complexity index is 1020. The second kappa shape index (κ2) is 10.8. The maximum absolute atomic E-state index is 9.80. The molecule has 0 unspecified atom stereocenters. The third-order valence-corrected chi connectivity index (χ3v) is 4.69. The van der Waals surface area contributed by atoms with Gasteiger partial charge in [-0.25, -0.2) is 4.98 Å². The second-order valence-corrected chi connectivity index (χ2v) is 7.09. The van der Waals surface area contributed by atoms with Crippen molar-refractivity contribution in [2.24, 2.45) is 0 Å². The fourth-order valence-corrected chi connectivity index (χ4v) is 3.02. The van der Waals surface area contributed by atoms with Gasteiger partial charge in [-0.3, -0.25) is 0 Å². The van der Waals surface area contributed by atoms with Gasteiger partial charge in [0.15, 0.2) is 0 Å². The Labute approximate surface area is 181 Å². The van der Waals surface area contributed by atoms with Crippen LogP contribution in [0.15, 0.2) is 60.9 Å². The monoisotopic (exact) mass is 422 g/mol. The molecule has 3 atom stereocenters. The molecule has 0 saturated carbocycles. The van der Waals surface area contributed by atoms with E-state index in [9.17, 15) is 15.3 Å². The Balaban J connectivity index is 1.68. The van der Waals surface area contributed by atoms with Crippen LogP contribution in [0.2, 0.25) is 0 Å². The summed E-state index contributed by atoms with van der Waals surface area (Å²) in [6, 6.07) is 14.7. The third-order valence-electron chi connectivity index (χ3n) is 4.69.